The van der Waals surface area contributed by atoms with Gasteiger partial charge in [-0.05, 0) is 19.1 Å². The van der Waals surface area contributed by atoms with Gasteiger partial charge in [0.15, 0.2) is 0 Å². The Morgan fingerprint density at radius 1 is 1.16 bits per heavy atom. The lowest BCUT2D eigenvalue weighted by Gasteiger charge is -2.05. The maximum atomic E-state index is 12.0. The molecule has 0 bridgehead atoms. The van der Waals surface area contributed by atoms with E-state index in [2.05, 4.69) is 5.32 Å². The number of benzene rings is 1. The van der Waals surface area contributed by atoms with E-state index >= 15 is 0 Å². The molecule has 1 amide bonds. The number of furan rings is 1. The van der Waals surface area contributed by atoms with Crippen molar-refractivity contribution in [3.63, 3.8) is 0 Å². The molecule has 1 N–H and O–H groups in total. The quantitative estimate of drug-likeness (QED) is 0.857. The zero-order valence-corrected chi connectivity index (χ0v) is 10.4. The summed E-state index contributed by atoms with van der Waals surface area (Å²) in [5.41, 5.74) is 0.918. The van der Waals surface area contributed by atoms with Crippen molar-refractivity contribution in [2.75, 3.05) is 11.9 Å². The molecule has 0 aliphatic rings. The van der Waals surface area contributed by atoms with Gasteiger partial charge in [0.05, 0.1) is 12.2 Å². The number of esters is 1. The fraction of sp³-hybridized carbons (Fsp3) is 0.143. The van der Waals surface area contributed by atoms with Crippen LogP contribution in [0.15, 0.2) is 47.3 Å². The van der Waals surface area contributed by atoms with Crippen LogP contribution in [0.2, 0.25) is 0 Å². The molecule has 0 spiro atoms. The third-order valence-corrected chi connectivity index (χ3v) is 2.43. The van der Waals surface area contributed by atoms with Crippen LogP contribution in [0.4, 0.5) is 5.69 Å². The van der Waals surface area contributed by atoms with Gasteiger partial charge in [-0.15, -0.1) is 0 Å². The van der Waals surface area contributed by atoms with E-state index in [1.54, 1.807) is 31.2 Å². The summed E-state index contributed by atoms with van der Waals surface area (Å²) < 4.78 is 9.76. The Kier molecular flexibility index (Phi) is 3.97. The number of carbonyl (C=O) groups excluding carboxylic acids is 2. The van der Waals surface area contributed by atoms with Gasteiger partial charge in [-0.1, -0.05) is 18.2 Å². The topological polar surface area (TPSA) is 68.5 Å². The van der Waals surface area contributed by atoms with Gasteiger partial charge in [0.1, 0.15) is 18.1 Å². The molecule has 5 heteroatoms. The van der Waals surface area contributed by atoms with Crippen molar-refractivity contribution in [3.8, 4) is 0 Å². The molecule has 0 aliphatic carbocycles. The number of hydrogen-bond donors (Lipinski definition) is 1. The minimum atomic E-state index is -0.575. The highest BCUT2D eigenvalue weighted by Crippen LogP contribution is 2.15. The summed E-state index contributed by atoms with van der Waals surface area (Å²) in [6, 6.07) is 8.95. The Hall–Kier alpha value is -2.56. The van der Waals surface area contributed by atoms with E-state index in [4.69, 9.17) is 9.15 Å². The zero-order valence-electron chi connectivity index (χ0n) is 10.4. The van der Waals surface area contributed by atoms with Gasteiger partial charge in [0.25, 0.3) is 5.91 Å². The van der Waals surface area contributed by atoms with Gasteiger partial charge in [0, 0.05) is 5.69 Å². The van der Waals surface area contributed by atoms with Crippen LogP contribution in [-0.4, -0.2) is 18.5 Å². The second-order valence-corrected chi connectivity index (χ2v) is 3.74. The predicted molar refractivity (Wildman–Crippen MR) is 69.1 cm³/mol. The van der Waals surface area contributed by atoms with Gasteiger partial charge in [0.2, 0.25) is 0 Å². The van der Waals surface area contributed by atoms with Crippen LogP contribution in [0.3, 0.4) is 0 Å². The summed E-state index contributed by atoms with van der Waals surface area (Å²) in [5.74, 6) is -0.988. The Morgan fingerprint density at radius 2 is 1.84 bits per heavy atom. The average molecular weight is 259 g/mol. The number of nitrogens with one attached hydrogen (secondary N) is 1. The Morgan fingerprint density at radius 3 is 2.53 bits per heavy atom. The highest BCUT2D eigenvalue weighted by Gasteiger charge is 2.20. The van der Waals surface area contributed by atoms with Gasteiger partial charge < -0.3 is 14.5 Å². The first-order chi connectivity index (χ1) is 9.22. The molecule has 19 heavy (non-hydrogen) atoms. The van der Waals surface area contributed by atoms with Crippen molar-refractivity contribution in [1.29, 1.82) is 0 Å². The molecule has 1 heterocycles. The fourth-order valence-electron chi connectivity index (χ4n) is 1.56. The van der Waals surface area contributed by atoms with E-state index in [0.29, 0.717) is 5.69 Å². The lowest BCUT2D eigenvalue weighted by molar-refractivity contribution is 0.0523. The summed E-state index contributed by atoms with van der Waals surface area (Å²) in [6.45, 7) is 1.94. The summed E-state index contributed by atoms with van der Waals surface area (Å²) in [5, 5.41) is 2.67. The van der Waals surface area contributed by atoms with Crippen molar-refractivity contribution in [2.45, 2.75) is 6.92 Å². The minimum absolute atomic E-state index is 0.121. The molecule has 0 atom stereocenters. The minimum Gasteiger partial charge on any atom is -0.471 e. The van der Waals surface area contributed by atoms with Gasteiger partial charge in [-0.2, -0.15) is 0 Å². The number of para-hydroxylation sites is 1. The molecule has 0 fully saturated rings. The standard InChI is InChI=1S/C14H13NO4/c1-2-19-14(17)12-9-18-8-11(12)13(16)15-10-6-4-3-5-7-10/h3-9H,2H2,1H3,(H,15,16). The Balaban J connectivity index is 2.16. The highest BCUT2D eigenvalue weighted by atomic mass is 16.5. The molecule has 98 valence electrons. The van der Waals surface area contributed by atoms with Gasteiger partial charge in [-0.3, -0.25) is 4.79 Å². The second-order valence-electron chi connectivity index (χ2n) is 3.74. The number of anilines is 1. The molecule has 1 aromatic heterocycles. The molecule has 2 aromatic rings. The molecule has 1 aromatic carbocycles. The SMILES string of the molecule is CCOC(=O)c1cocc1C(=O)Nc1ccccc1. The molecule has 5 nitrogen and oxygen atoms in total. The third kappa shape index (κ3) is 3.01. The van der Waals surface area contributed by atoms with E-state index in [0.717, 1.165) is 0 Å². The van der Waals surface area contributed by atoms with Crippen molar-refractivity contribution in [1.82, 2.24) is 0 Å². The average Bonchev–Trinajstić information content (AvgIpc) is 2.89. The second kappa shape index (κ2) is 5.86. The summed E-state index contributed by atoms with van der Waals surface area (Å²) in [7, 11) is 0. The predicted octanol–water partition coefficient (Wildman–Crippen LogP) is 2.71. The van der Waals surface area contributed by atoms with E-state index < -0.39 is 11.9 Å². The highest BCUT2D eigenvalue weighted by molar-refractivity contribution is 6.10. The van der Waals surface area contributed by atoms with Crippen LogP contribution in [0, 0.1) is 0 Å². The van der Waals surface area contributed by atoms with Crippen molar-refractivity contribution in [3.05, 3.63) is 54.0 Å². The van der Waals surface area contributed by atoms with Crippen molar-refractivity contribution in [2.24, 2.45) is 0 Å². The molecular formula is C14H13NO4. The Labute approximate surface area is 110 Å². The van der Waals surface area contributed by atoms with E-state index in [-0.39, 0.29) is 17.7 Å². The molecule has 0 radical (unpaired) electrons. The van der Waals surface area contributed by atoms with Crippen LogP contribution in [0.5, 0.6) is 0 Å². The molecule has 2 rings (SSSR count). The molecule has 0 unspecified atom stereocenters. The van der Waals surface area contributed by atoms with Crippen LogP contribution in [0.25, 0.3) is 0 Å². The largest absolute Gasteiger partial charge is 0.471 e. The maximum Gasteiger partial charge on any atom is 0.342 e. The van der Waals surface area contributed by atoms with Crippen LogP contribution < -0.4 is 5.32 Å². The monoisotopic (exact) mass is 259 g/mol. The first-order valence-electron chi connectivity index (χ1n) is 5.82. The smallest absolute Gasteiger partial charge is 0.342 e. The van der Waals surface area contributed by atoms with Crippen LogP contribution in [-0.2, 0) is 4.74 Å². The normalized spacial score (nSPS) is 9.95. The van der Waals surface area contributed by atoms with E-state index in [1.807, 2.05) is 6.07 Å². The number of rotatable bonds is 4. The molecule has 0 aliphatic heterocycles. The molecule has 0 saturated carbocycles. The lowest BCUT2D eigenvalue weighted by Crippen LogP contribution is -2.16. The third-order valence-electron chi connectivity index (χ3n) is 2.43. The number of ether oxygens (including phenoxy) is 1. The molecular weight excluding hydrogens is 246 g/mol. The van der Waals surface area contributed by atoms with Gasteiger partial charge >= 0.3 is 5.97 Å². The van der Waals surface area contributed by atoms with Crippen LogP contribution in [0.1, 0.15) is 27.6 Å². The van der Waals surface area contributed by atoms with Crippen molar-refractivity contribution < 1.29 is 18.7 Å². The summed E-state index contributed by atoms with van der Waals surface area (Å²) >= 11 is 0. The number of carbonyl (C=O) groups is 2. The lowest BCUT2D eigenvalue weighted by atomic mass is 10.2. The van der Waals surface area contributed by atoms with E-state index in [1.165, 1.54) is 12.5 Å². The van der Waals surface area contributed by atoms with Crippen molar-refractivity contribution >= 4 is 17.6 Å². The zero-order chi connectivity index (χ0) is 13.7. The first-order valence-corrected chi connectivity index (χ1v) is 5.82. The first kappa shape index (κ1) is 12.9. The maximum absolute atomic E-state index is 12.0. The Bertz CT molecular complexity index is 574. The summed E-state index contributed by atoms with van der Waals surface area (Å²) in [4.78, 5) is 23.6. The number of hydrogen-bond acceptors (Lipinski definition) is 4. The van der Waals surface area contributed by atoms with E-state index in [9.17, 15) is 9.59 Å². The summed E-state index contributed by atoms with van der Waals surface area (Å²) in [6.07, 6.45) is 2.43. The van der Waals surface area contributed by atoms with Gasteiger partial charge in [-0.25, -0.2) is 4.79 Å². The van der Waals surface area contributed by atoms with Crippen LogP contribution >= 0.6 is 0 Å². The molecule has 0 saturated heterocycles. The fourth-order valence-corrected chi connectivity index (χ4v) is 1.56. The number of amides is 1.